The van der Waals surface area contributed by atoms with E-state index in [9.17, 15) is 9.90 Å². The first kappa shape index (κ1) is 16.1. The first-order chi connectivity index (χ1) is 8.76. The standard InChI is InChI=1S/C13H24N2O3Si/c1-10-12(8-16)14-13(11(2)17)15(10)9-18-6-7-19(3,4)5/h16H,6-9H2,1-5H3. The van der Waals surface area contributed by atoms with Crippen molar-refractivity contribution in [1.82, 2.24) is 9.55 Å². The fourth-order valence-corrected chi connectivity index (χ4v) is 2.45. The Kier molecular flexibility index (Phi) is 5.46. The predicted octanol–water partition coefficient (Wildman–Crippen LogP) is 2.20. The van der Waals surface area contributed by atoms with Gasteiger partial charge in [-0.25, -0.2) is 4.98 Å². The van der Waals surface area contributed by atoms with Gasteiger partial charge in [0.2, 0.25) is 0 Å². The number of Topliss-reactive ketones (excluding diaryl/α,β-unsaturated/α-hetero) is 1. The molecule has 0 aliphatic carbocycles. The third-order valence-corrected chi connectivity index (χ3v) is 4.70. The molecule has 0 atom stereocenters. The third-order valence-electron chi connectivity index (χ3n) is 3.00. The van der Waals surface area contributed by atoms with Crippen molar-refractivity contribution in [3.8, 4) is 0 Å². The van der Waals surface area contributed by atoms with Gasteiger partial charge in [0.1, 0.15) is 6.73 Å². The molecule has 0 amide bonds. The largest absolute Gasteiger partial charge is 0.390 e. The van der Waals surface area contributed by atoms with Crippen LogP contribution in [0.3, 0.4) is 0 Å². The van der Waals surface area contributed by atoms with E-state index < -0.39 is 8.07 Å². The molecule has 0 aliphatic rings. The van der Waals surface area contributed by atoms with Gasteiger partial charge < -0.3 is 14.4 Å². The quantitative estimate of drug-likeness (QED) is 0.473. The molecular weight excluding hydrogens is 260 g/mol. The maximum absolute atomic E-state index is 11.5. The zero-order valence-corrected chi connectivity index (χ0v) is 13.5. The summed E-state index contributed by atoms with van der Waals surface area (Å²) >= 11 is 0. The summed E-state index contributed by atoms with van der Waals surface area (Å²) in [6.07, 6.45) is 0. The van der Waals surface area contributed by atoms with Crippen LogP contribution < -0.4 is 0 Å². The minimum atomic E-state index is -1.10. The van der Waals surface area contributed by atoms with E-state index in [-0.39, 0.29) is 12.4 Å². The van der Waals surface area contributed by atoms with Crippen molar-refractivity contribution in [2.75, 3.05) is 6.61 Å². The van der Waals surface area contributed by atoms with E-state index in [2.05, 4.69) is 24.6 Å². The predicted molar refractivity (Wildman–Crippen MR) is 77.0 cm³/mol. The highest BCUT2D eigenvalue weighted by molar-refractivity contribution is 6.76. The fourth-order valence-electron chi connectivity index (χ4n) is 1.69. The molecule has 1 heterocycles. The average Bonchev–Trinajstić information content (AvgIpc) is 2.60. The molecule has 6 heteroatoms. The minimum Gasteiger partial charge on any atom is -0.390 e. The molecule has 0 unspecified atom stereocenters. The number of imidazole rings is 1. The Labute approximate surface area is 115 Å². The van der Waals surface area contributed by atoms with Crippen LogP contribution in [0.4, 0.5) is 0 Å². The lowest BCUT2D eigenvalue weighted by atomic mass is 10.4. The first-order valence-corrected chi connectivity index (χ1v) is 10.2. The molecule has 0 bridgehead atoms. The first-order valence-electron chi connectivity index (χ1n) is 6.52. The van der Waals surface area contributed by atoms with Crippen LogP contribution in [-0.2, 0) is 18.1 Å². The lowest BCUT2D eigenvalue weighted by Crippen LogP contribution is -2.22. The molecule has 1 aromatic rings. The molecule has 0 fully saturated rings. The summed E-state index contributed by atoms with van der Waals surface area (Å²) in [4.78, 5) is 15.7. The fraction of sp³-hybridized carbons (Fsp3) is 0.692. The summed E-state index contributed by atoms with van der Waals surface area (Å²) in [7, 11) is -1.10. The summed E-state index contributed by atoms with van der Waals surface area (Å²) in [5, 5.41) is 9.19. The summed E-state index contributed by atoms with van der Waals surface area (Å²) in [6, 6.07) is 1.09. The zero-order valence-electron chi connectivity index (χ0n) is 12.5. The normalized spacial score (nSPS) is 11.9. The smallest absolute Gasteiger partial charge is 0.195 e. The van der Waals surface area contributed by atoms with Crippen LogP contribution in [0.2, 0.25) is 25.7 Å². The molecule has 0 saturated heterocycles. The van der Waals surface area contributed by atoms with Crippen LogP contribution >= 0.6 is 0 Å². The summed E-state index contributed by atoms with van der Waals surface area (Å²) < 4.78 is 7.38. The number of hydrogen-bond donors (Lipinski definition) is 1. The van der Waals surface area contributed by atoms with Crippen LogP contribution in [0.1, 0.15) is 28.9 Å². The summed E-state index contributed by atoms with van der Waals surface area (Å²) in [6.45, 7) is 11.1. The van der Waals surface area contributed by atoms with E-state index >= 15 is 0 Å². The molecule has 1 N–H and O–H groups in total. The van der Waals surface area contributed by atoms with E-state index in [1.165, 1.54) is 6.92 Å². The second-order valence-corrected chi connectivity index (χ2v) is 11.6. The molecule has 0 radical (unpaired) electrons. The molecule has 5 nitrogen and oxygen atoms in total. The van der Waals surface area contributed by atoms with E-state index in [0.29, 0.717) is 24.9 Å². The molecule has 0 saturated carbocycles. The van der Waals surface area contributed by atoms with E-state index in [1.54, 1.807) is 4.57 Å². The molecule has 0 spiro atoms. The highest BCUT2D eigenvalue weighted by Gasteiger charge is 2.17. The Hall–Kier alpha value is -0.983. The monoisotopic (exact) mass is 284 g/mol. The lowest BCUT2D eigenvalue weighted by molar-refractivity contribution is 0.0794. The van der Waals surface area contributed by atoms with Gasteiger partial charge in [-0.3, -0.25) is 4.79 Å². The Bertz CT molecular complexity index is 449. The number of ether oxygens (including phenoxy) is 1. The number of nitrogens with zero attached hydrogens (tertiary/aromatic N) is 2. The molecular formula is C13H24N2O3Si. The van der Waals surface area contributed by atoms with Gasteiger partial charge in [-0.15, -0.1) is 0 Å². The van der Waals surface area contributed by atoms with Crippen LogP contribution in [0.25, 0.3) is 0 Å². The molecule has 108 valence electrons. The topological polar surface area (TPSA) is 64.3 Å². The minimum absolute atomic E-state index is 0.114. The van der Waals surface area contributed by atoms with Gasteiger partial charge in [-0.1, -0.05) is 19.6 Å². The number of ketones is 1. The van der Waals surface area contributed by atoms with Gasteiger partial charge in [0.25, 0.3) is 0 Å². The number of aromatic nitrogens is 2. The van der Waals surface area contributed by atoms with Crippen molar-refractivity contribution < 1.29 is 14.6 Å². The van der Waals surface area contributed by atoms with Crippen molar-refractivity contribution >= 4 is 13.9 Å². The number of carbonyl (C=O) groups is 1. The lowest BCUT2D eigenvalue weighted by Gasteiger charge is -2.16. The van der Waals surface area contributed by atoms with Gasteiger partial charge in [-0.2, -0.15) is 0 Å². The second kappa shape index (κ2) is 6.45. The second-order valence-electron chi connectivity index (χ2n) is 5.96. The molecule has 1 rings (SSSR count). The maximum atomic E-state index is 11.5. The van der Waals surface area contributed by atoms with E-state index in [1.807, 2.05) is 6.92 Å². The van der Waals surface area contributed by atoms with Crippen molar-refractivity contribution in [2.24, 2.45) is 0 Å². The molecule has 0 aromatic carbocycles. The van der Waals surface area contributed by atoms with Gasteiger partial charge in [0.15, 0.2) is 11.6 Å². The molecule has 0 aliphatic heterocycles. The Morgan fingerprint density at radius 2 is 2.05 bits per heavy atom. The van der Waals surface area contributed by atoms with Gasteiger partial charge >= 0.3 is 0 Å². The Balaban J connectivity index is 2.72. The summed E-state index contributed by atoms with van der Waals surface area (Å²) in [5.41, 5.74) is 1.33. The van der Waals surface area contributed by atoms with Crippen molar-refractivity contribution in [3.63, 3.8) is 0 Å². The Morgan fingerprint density at radius 1 is 1.42 bits per heavy atom. The Morgan fingerprint density at radius 3 is 2.53 bits per heavy atom. The molecule has 19 heavy (non-hydrogen) atoms. The van der Waals surface area contributed by atoms with Crippen molar-refractivity contribution in [2.45, 2.75) is 52.9 Å². The van der Waals surface area contributed by atoms with Crippen molar-refractivity contribution in [1.29, 1.82) is 0 Å². The SMILES string of the molecule is CC(=O)c1nc(CO)c(C)n1COCC[Si](C)(C)C. The van der Waals surface area contributed by atoms with Crippen LogP contribution in [0.15, 0.2) is 0 Å². The van der Waals surface area contributed by atoms with Crippen LogP contribution in [0.5, 0.6) is 0 Å². The van der Waals surface area contributed by atoms with Gasteiger partial charge in [0, 0.05) is 27.3 Å². The molecule has 1 aromatic heterocycles. The van der Waals surface area contributed by atoms with E-state index in [0.717, 1.165) is 11.7 Å². The number of carbonyl (C=O) groups excluding carboxylic acids is 1. The number of hydrogen-bond acceptors (Lipinski definition) is 4. The zero-order chi connectivity index (χ0) is 14.6. The summed E-state index contributed by atoms with van der Waals surface area (Å²) in [5.74, 6) is 0.242. The highest BCUT2D eigenvalue weighted by atomic mass is 28.3. The van der Waals surface area contributed by atoms with Crippen LogP contribution in [0, 0.1) is 6.92 Å². The average molecular weight is 284 g/mol. The van der Waals surface area contributed by atoms with Crippen molar-refractivity contribution in [3.05, 3.63) is 17.2 Å². The third kappa shape index (κ3) is 4.56. The maximum Gasteiger partial charge on any atom is 0.195 e. The number of rotatable bonds is 7. The highest BCUT2D eigenvalue weighted by Crippen LogP contribution is 2.13. The number of aliphatic hydroxyl groups is 1. The van der Waals surface area contributed by atoms with E-state index in [4.69, 9.17) is 4.74 Å². The van der Waals surface area contributed by atoms with Gasteiger partial charge in [-0.05, 0) is 13.0 Å². The number of aliphatic hydroxyl groups excluding tert-OH is 1. The van der Waals surface area contributed by atoms with Gasteiger partial charge in [0.05, 0.1) is 12.3 Å². The van der Waals surface area contributed by atoms with Crippen LogP contribution in [-0.4, -0.2) is 35.1 Å².